The highest BCUT2D eigenvalue weighted by Gasteiger charge is 2.19. The van der Waals surface area contributed by atoms with Crippen molar-refractivity contribution in [2.24, 2.45) is 0 Å². The lowest BCUT2D eigenvalue weighted by Crippen LogP contribution is -2.25. The van der Waals surface area contributed by atoms with Gasteiger partial charge in [-0.05, 0) is 44.7 Å². The van der Waals surface area contributed by atoms with Crippen molar-refractivity contribution in [3.63, 3.8) is 0 Å². The normalized spacial score (nSPS) is 20.6. The minimum Gasteiger partial charge on any atom is -0.496 e. The summed E-state index contributed by atoms with van der Waals surface area (Å²) in [5.74, 6) is 0.975. The molecule has 1 fully saturated rings. The number of nitrogens with one attached hydrogen (secondary N) is 1. The van der Waals surface area contributed by atoms with Crippen molar-refractivity contribution in [2.45, 2.75) is 51.2 Å². The topological polar surface area (TPSA) is 30.5 Å². The Hall–Kier alpha value is -1.06. The molecule has 1 heterocycles. The lowest BCUT2D eigenvalue weighted by atomic mass is 9.96. The molecular formula is C17H27NO2. The van der Waals surface area contributed by atoms with E-state index in [1.165, 1.54) is 24.8 Å². The van der Waals surface area contributed by atoms with Crippen molar-refractivity contribution in [1.29, 1.82) is 0 Å². The zero-order valence-electron chi connectivity index (χ0n) is 12.7. The van der Waals surface area contributed by atoms with Gasteiger partial charge in [0, 0.05) is 18.2 Å². The molecule has 0 spiro atoms. The van der Waals surface area contributed by atoms with Crippen molar-refractivity contribution in [3.8, 4) is 5.75 Å². The lowest BCUT2D eigenvalue weighted by Gasteiger charge is -2.26. The zero-order chi connectivity index (χ0) is 14.2. The number of hydrogen-bond donors (Lipinski definition) is 1. The molecule has 1 aliphatic rings. The number of para-hydroxylation sites is 1. The molecule has 1 aromatic carbocycles. The summed E-state index contributed by atoms with van der Waals surface area (Å²) in [7, 11) is 1.74. The van der Waals surface area contributed by atoms with Crippen LogP contribution in [0, 0.1) is 0 Å². The summed E-state index contributed by atoms with van der Waals surface area (Å²) < 4.78 is 11.3. The lowest BCUT2D eigenvalue weighted by molar-refractivity contribution is 0.00853. The van der Waals surface area contributed by atoms with Gasteiger partial charge in [-0.25, -0.2) is 0 Å². The Kier molecular flexibility index (Phi) is 6.34. The first-order valence-corrected chi connectivity index (χ1v) is 7.83. The average Bonchev–Trinajstić information content (AvgIpc) is 2.52. The minimum atomic E-state index is 0.349. The van der Waals surface area contributed by atoms with Crippen LogP contribution in [-0.4, -0.2) is 26.4 Å². The number of hydrogen-bond acceptors (Lipinski definition) is 3. The second-order valence-electron chi connectivity index (χ2n) is 5.42. The van der Waals surface area contributed by atoms with Gasteiger partial charge in [-0.1, -0.05) is 25.1 Å². The van der Waals surface area contributed by atoms with Gasteiger partial charge < -0.3 is 14.8 Å². The quantitative estimate of drug-likeness (QED) is 0.824. The third-order valence-corrected chi connectivity index (χ3v) is 4.02. The molecule has 112 valence electrons. The van der Waals surface area contributed by atoms with Crippen molar-refractivity contribution in [1.82, 2.24) is 5.32 Å². The molecule has 1 aliphatic heterocycles. The Balaban J connectivity index is 1.98. The molecule has 1 saturated heterocycles. The minimum absolute atomic E-state index is 0.349. The molecule has 1 aromatic rings. The fourth-order valence-electron chi connectivity index (χ4n) is 2.96. The molecule has 2 atom stereocenters. The van der Waals surface area contributed by atoms with Crippen LogP contribution in [0.15, 0.2) is 24.3 Å². The zero-order valence-corrected chi connectivity index (χ0v) is 12.7. The van der Waals surface area contributed by atoms with E-state index >= 15 is 0 Å². The molecule has 0 radical (unpaired) electrons. The van der Waals surface area contributed by atoms with Gasteiger partial charge in [0.2, 0.25) is 0 Å². The van der Waals surface area contributed by atoms with Gasteiger partial charge in [-0.3, -0.25) is 0 Å². The summed E-state index contributed by atoms with van der Waals surface area (Å²) in [6.07, 6.45) is 6.41. The van der Waals surface area contributed by atoms with Gasteiger partial charge in [0.1, 0.15) is 5.75 Å². The summed E-state index contributed by atoms with van der Waals surface area (Å²) in [5, 5.41) is 3.58. The van der Waals surface area contributed by atoms with Crippen molar-refractivity contribution in [2.75, 3.05) is 20.3 Å². The van der Waals surface area contributed by atoms with E-state index in [1.54, 1.807) is 7.11 Å². The smallest absolute Gasteiger partial charge is 0.123 e. The molecule has 0 bridgehead atoms. The van der Waals surface area contributed by atoms with Crippen molar-refractivity contribution in [3.05, 3.63) is 29.8 Å². The number of ether oxygens (including phenoxy) is 2. The predicted octanol–water partition coefficient (Wildman–Crippen LogP) is 3.70. The van der Waals surface area contributed by atoms with Gasteiger partial charge in [0.25, 0.3) is 0 Å². The number of benzene rings is 1. The van der Waals surface area contributed by atoms with Crippen LogP contribution in [0.5, 0.6) is 5.75 Å². The Morgan fingerprint density at radius 2 is 2.20 bits per heavy atom. The van der Waals surface area contributed by atoms with Gasteiger partial charge in [0.15, 0.2) is 0 Å². The summed E-state index contributed by atoms with van der Waals surface area (Å²) in [4.78, 5) is 0. The van der Waals surface area contributed by atoms with E-state index in [4.69, 9.17) is 9.47 Å². The van der Waals surface area contributed by atoms with Crippen LogP contribution in [0.2, 0.25) is 0 Å². The van der Waals surface area contributed by atoms with E-state index in [1.807, 2.05) is 12.1 Å². The standard InChI is InChI=1S/C17H27NO2/c1-3-18-16(12-11-14-8-6-7-13-20-14)15-9-4-5-10-17(15)19-2/h4-5,9-10,14,16,18H,3,6-8,11-13H2,1-2H3. The Bertz CT molecular complexity index is 388. The van der Waals surface area contributed by atoms with Gasteiger partial charge >= 0.3 is 0 Å². The molecule has 2 unspecified atom stereocenters. The van der Waals surface area contributed by atoms with Crippen LogP contribution < -0.4 is 10.1 Å². The van der Waals surface area contributed by atoms with Crippen LogP contribution in [0.1, 0.15) is 50.6 Å². The van der Waals surface area contributed by atoms with Crippen LogP contribution in [0.25, 0.3) is 0 Å². The molecule has 0 aliphatic carbocycles. The number of methoxy groups -OCH3 is 1. The highest BCUT2D eigenvalue weighted by molar-refractivity contribution is 5.35. The molecule has 1 N–H and O–H groups in total. The Morgan fingerprint density at radius 1 is 1.35 bits per heavy atom. The van der Waals surface area contributed by atoms with Crippen molar-refractivity contribution >= 4 is 0 Å². The number of rotatable bonds is 7. The maximum Gasteiger partial charge on any atom is 0.123 e. The summed E-state index contributed by atoms with van der Waals surface area (Å²) in [5.41, 5.74) is 1.26. The van der Waals surface area contributed by atoms with E-state index in [2.05, 4.69) is 24.4 Å². The summed E-state index contributed by atoms with van der Waals surface area (Å²) in [6, 6.07) is 8.65. The third-order valence-electron chi connectivity index (χ3n) is 4.02. The van der Waals surface area contributed by atoms with Gasteiger partial charge in [-0.15, -0.1) is 0 Å². The highest BCUT2D eigenvalue weighted by atomic mass is 16.5. The molecule has 3 heteroatoms. The second kappa shape index (κ2) is 8.28. The molecule has 2 rings (SSSR count). The SMILES string of the molecule is CCNC(CCC1CCCCO1)c1ccccc1OC. The summed E-state index contributed by atoms with van der Waals surface area (Å²) >= 11 is 0. The van der Waals surface area contributed by atoms with E-state index in [0.717, 1.165) is 31.7 Å². The molecule has 3 nitrogen and oxygen atoms in total. The fourth-order valence-corrected chi connectivity index (χ4v) is 2.96. The molecule has 0 aromatic heterocycles. The molecular weight excluding hydrogens is 250 g/mol. The first-order valence-electron chi connectivity index (χ1n) is 7.83. The first-order chi connectivity index (χ1) is 9.85. The molecule has 0 amide bonds. The third kappa shape index (κ3) is 4.22. The second-order valence-corrected chi connectivity index (χ2v) is 5.42. The molecule has 20 heavy (non-hydrogen) atoms. The Morgan fingerprint density at radius 3 is 2.90 bits per heavy atom. The largest absolute Gasteiger partial charge is 0.496 e. The molecule has 0 saturated carbocycles. The first kappa shape index (κ1) is 15.3. The monoisotopic (exact) mass is 277 g/mol. The van der Waals surface area contributed by atoms with E-state index < -0.39 is 0 Å². The van der Waals surface area contributed by atoms with E-state index in [0.29, 0.717) is 12.1 Å². The maximum absolute atomic E-state index is 5.84. The summed E-state index contributed by atoms with van der Waals surface area (Å²) in [6.45, 7) is 4.05. The van der Waals surface area contributed by atoms with Gasteiger partial charge in [0.05, 0.1) is 13.2 Å². The Labute approximate surface area is 122 Å². The van der Waals surface area contributed by atoms with E-state index in [-0.39, 0.29) is 0 Å². The van der Waals surface area contributed by atoms with Gasteiger partial charge in [-0.2, -0.15) is 0 Å². The van der Waals surface area contributed by atoms with Crippen LogP contribution >= 0.6 is 0 Å². The van der Waals surface area contributed by atoms with Crippen molar-refractivity contribution < 1.29 is 9.47 Å². The van der Waals surface area contributed by atoms with E-state index in [9.17, 15) is 0 Å². The van der Waals surface area contributed by atoms with Crippen LogP contribution in [0.4, 0.5) is 0 Å². The average molecular weight is 277 g/mol. The fraction of sp³-hybridized carbons (Fsp3) is 0.647. The predicted molar refractivity (Wildman–Crippen MR) is 82.2 cm³/mol. The van der Waals surface area contributed by atoms with Crippen LogP contribution in [0.3, 0.4) is 0 Å². The highest BCUT2D eigenvalue weighted by Crippen LogP contribution is 2.29. The van der Waals surface area contributed by atoms with Crippen LogP contribution in [-0.2, 0) is 4.74 Å². The maximum atomic E-state index is 5.84.